The van der Waals surface area contributed by atoms with Crippen LogP contribution in [0.1, 0.15) is 66.6 Å². The number of rotatable bonds is 9. The van der Waals surface area contributed by atoms with Gasteiger partial charge in [-0.3, -0.25) is 9.59 Å². The van der Waals surface area contributed by atoms with Crippen molar-refractivity contribution in [3.63, 3.8) is 0 Å². The molecule has 2 fully saturated rings. The summed E-state index contributed by atoms with van der Waals surface area (Å²) in [6, 6.07) is 12.0. The number of ether oxygens (including phenoxy) is 1. The topological polar surface area (TPSA) is 103 Å². The predicted molar refractivity (Wildman–Crippen MR) is 167 cm³/mol. The molecule has 2 atom stereocenters. The summed E-state index contributed by atoms with van der Waals surface area (Å²) in [7, 11) is 1.78. The van der Waals surface area contributed by atoms with Crippen molar-refractivity contribution in [3.05, 3.63) is 64.0 Å². The van der Waals surface area contributed by atoms with Crippen molar-refractivity contribution in [1.82, 2.24) is 9.88 Å². The molecule has 1 aromatic heterocycles. The summed E-state index contributed by atoms with van der Waals surface area (Å²) in [5.74, 6) is 2.43. The van der Waals surface area contributed by atoms with E-state index in [2.05, 4.69) is 29.3 Å². The Morgan fingerprint density at radius 1 is 1.17 bits per heavy atom. The predicted octanol–water partition coefficient (Wildman–Crippen LogP) is 6.18. The van der Waals surface area contributed by atoms with Gasteiger partial charge in [0.2, 0.25) is 0 Å². The lowest BCUT2D eigenvalue weighted by Crippen LogP contribution is -2.36. The summed E-state index contributed by atoms with van der Waals surface area (Å²) in [4.78, 5) is 30.5. The number of carbonyl (C=O) groups excluding carboxylic acids is 1. The van der Waals surface area contributed by atoms with Crippen LogP contribution in [0, 0.1) is 25.7 Å². The molecule has 2 heterocycles. The summed E-state index contributed by atoms with van der Waals surface area (Å²) in [6.45, 7) is 10.6. The van der Waals surface area contributed by atoms with Crippen LogP contribution in [0.2, 0.25) is 0 Å². The van der Waals surface area contributed by atoms with Gasteiger partial charge >= 0.3 is 0 Å². The number of thiazole rings is 1. The highest BCUT2D eigenvalue weighted by Gasteiger charge is 2.34. The van der Waals surface area contributed by atoms with E-state index in [1.54, 1.807) is 37.1 Å². The van der Waals surface area contributed by atoms with Crippen LogP contribution in [0.15, 0.2) is 41.8 Å². The van der Waals surface area contributed by atoms with Gasteiger partial charge < -0.3 is 24.7 Å². The number of nitrogens with zero attached hydrogens (tertiary/aromatic N) is 3. The lowest BCUT2D eigenvalue weighted by atomic mass is 9.99. The molecule has 9 heteroatoms. The second kappa shape index (κ2) is 13.7. The van der Waals surface area contributed by atoms with Crippen molar-refractivity contribution in [2.24, 2.45) is 11.8 Å². The van der Waals surface area contributed by atoms with E-state index < -0.39 is 5.60 Å². The van der Waals surface area contributed by atoms with Crippen molar-refractivity contribution < 1.29 is 24.5 Å². The minimum absolute atomic E-state index is 0.0447. The van der Waals surface area contributed by atoms with Crippen LogP contribution in [0.5, 0.6) is 5.75 Å². The zero-order chi connectivity index (χ0) is 30.4. The van der Waals surface area contributed by atoms with Crippen LogP contribution in [0.25, 0.3) is 11.3 Å². The number of aliphatic hydroxyl groups is 1. The van der Waals surface area contributed by atoms with Gasteiger partial charge in [-0.15, -0.1) is 11.3 Å². The van der Waals surface area contributed by atoms with Crippen molar-refractivity contribution in [2.75, 3.05) is 31.6 Å². The van der Waals surface area contributed by atoms with Crippen LogP contribution in [0.3, 0.4) is 0 Å². The number of aromatic nitrogens is 1. The molecule has 1 saturated heterocycles. The first-order valence-electron chi connectivity index (χ1n) is 14.6. The monoisotopic (exact) mass is 593 g/mol. The summed E-state index contributed by atoms with van der Waals surface area (Å²) in [6.07, 6.45) is 4.64. The lowest BCUT2D eigenvalue weighted by Gasteiger charge is -2.31. The molecule has 2 bridgehead atoms. The molecule has 1 saturated carbocycles. The third kappa shape index (κ3) is 8.10. The van der Waals surface area contributed by atoms with Gasteiger partial charge in [-0.2, -0.15) is 0 Å². The minimum Gasteiger partial charge on any atom is -0.488 e. The Hall–Kier alpha value is -3.43. The Kier molecular flexibility index (Phi) is 10.3. The van der Waals surface area contributed by atoms with Crippen LogP contribution in [-0.4, -0.2) is 64.8 Å². The second-order valence-corrected chi connectivity index (χ2v) is 13.1. The third-order valence-corrected chi connectivity index (χ3v) is 9.06. The molecule has 42 heavy (non-hydrogen) atoms. The first-order chi connectivity index (χ1) is 20.0. The summed E-state index contributed by atoms with van der Waals surface area (Å²) >= 11 is 1.73. The molecule has 1 amide bonds. The van der Waals surface area contributed by atoms with E-state index in [-0.39, 0.29) is 12.4 Å². The third-order valence-electron chi connectivity index (χ3n) is 8.16. The molecular formula is C33H43N3O5S. The van der Waals surface area contributed by atoms with E-state index in [0.717, 1.165) is 58.2 Å². The van der Waals surface area contributed by atoms with E-state index in [1.807, 2.05) is 31.2 Å². The molecule has 226 valence electrons. The average molecular weight is 594 g/mol. The van der Waals surface area contributed by atoms with Gasteiger partial charge in [-0.1, -0.05) is 17.7 Å². The molecule has 2 aromatic carbocycles. The molecular weight excluding hydrogens is 550 g/mol. The molecule has 0 radical (unpaired) electrons. The number of piperidine rings is 1. The molecule has 3 aromatic rings. The molecule has 2 aliphatic rings. The Morgan fingerprint density at radius 2 is 1.86 bits per heavy atom. The Balaban J connectivity index is 0.00000129. The fourth-order valence-electron chi connectivity index (χ4n) is 5.78. The molecule has 5 rings (SSSR count). The van der Waals surface area contributed by atoms with Gasteiger partial charge in [0.1, 0.15) is 12.4 Å². The number of carboxylic acid groups (broad SMARTS) is 1. The zero-order valence-corrected chi connectivity index (χ0v) is 26.1. The van der Waals surface area contributed by atoms with Gasteiger partial charge in [-0.25, -0.2) is 4.98 Å². The molecule has 2 N–H and O–H groups in total. The van der Waals surface area contributed by atoms with Gasteiger partial charge in [0.05, 0.1) is 11.3 Å². The number of anilines is 1. The van der Waals surface area contributed by atoms with Gasteiger partial charge in [0.25, 0.3) is 12.4 Å². The first kappa shape index (κ1) is 31.5. The van der Waals surface area contributed by atoms with E-state index in [4.69, 9.17) is 19.6 Å². The van der Waals surface area contributed by atoms with Crippen LogP contribution >= 0.6 is 11.3 Å². The number of aryl methyl sites for hydroxylation is 2. The largest absolute Gasteiger partial charge is 0.488 e. The molecule has 2 unspecified atom stereocenters. The molecule has 1 aliphatic heterocycles. The highest BCUT2D eigenvalue weighted by atomic mass is 32.1. The maximum Gasteiger partial charge on any atom is 0.290 e. The summed E-state index contributed by atoms with van der Waals surface area (Å²) in [5, 5.41) is 20.2. The molecule has 1 aliphatic carbocycles. The van der Waals surface area contributed by atoms with Crippen LogP contribution in [-0.2, 0) is 11.4 Å². The quantitative estimate of drug-likeness (QED) is 0.286. The Morgan fingerprint density at radius 3 is 2.50 bits per heavy atom. The number of fused-ring (bicyclic) bond motifs is 2. The zero-order valence-electron chi connectivity index (χ0n) is 25.3. The van der Waals surface area contributed by atoms with E-state index in [0.29, 0.717) is 25.1 Å². The standard InChI is InChI=1S/C32H41N3O3S.CH2O2/c1-21-6-11-29(27(14-21)28-20-39-31(33-28)35-17-23-7-8-24(16-23)18-35)38-19-26-10-9-25(15-22(26)2)30(36)34(5)13-12-32(3,4)37;2-1-3/h6,9-11,14-15,20,23-24,37H,7-8,12-13,16-19H2,1-5H3;1H,(H,2,3). The fraction of sp³-hybridized carbons (Fsp3) is 0.485. The number of benzene rings is 2. The average Bonchev–Trinajstić information content (AvgIpc) is 3.57. The highest BCUT2D eigenvalue weighted by Crippen LogP contribution is 2.40. The van der Waals surface area contributed by atoms with Crippen molar-refractivity contribution in [3.8, 4) is 17.0 Å². The number of hydrogen-bond donors (Lipinski definition) is 2. The second-order valence-electron chi connectivity index (χ2n) is 12.3. The maximum absolute atomic E-state index is 12.9. The molecule has 0 spiro atoms. The van der Waals surface area contributed by atoms with Crippen molar-refractivity contribution >= 4 is 28.8 Å². The Labute approximate surface area is 253 Å². The first-order valence-corrected chi connectivity index (χ1v) is 15.4. The number of hydrogen-bond acceptors (Lipinski definition) is 7. The number of carbonyl (C=O) groups is 2. The smallest absolute Gasteiger partial charge is 0.290 e. The SMILES string of the molecule is Cc1ccc(OCc2ccc(C(=O)N(C)CCC(C)(C)O)cc2C)c(-c2csc(N3CC4CCC(C4)C3)n2)c1.O=CO. The highest BCUT2D eigenvalue weighted by molar-refractivity contribution is 7.14. The van der Waals surface area contributed by atoms with Crippen LogP contribution in [0.4, 0.5) is 5.13 Å². The lowest BCUT2D eigenvalue weighted by molar-refractivity contribution is -0.122. The van der Waals surface area contributed by atoms with E-state index >= 15 is 0 Å². The fourth-order valence-corrected chi connectivity index (χ4v) is 6.62. The van der Waals surface area contributed by atoms with Crippen LogP contribution < -0.4 is 9.64 Å². The van der Waals surface area contributed by atoms with Crippen molar-refractivity contribution in [2.45, 2.75) is 65.6 Å². The Bertz CT molecular complexity index is 1370. The van der Waals surface area contributed by atoms with Gasteiger partial charge in [-0.05, 0) is 101 Å². The van der Waals surface area contributed by atoms with E-state index in [9.17, 15) is 9.90 Å². The summed E-state index contributed by atoms with van der Waals surface area (Å²) < 4.78 is 6.36. The van der Waals surface area contributed by atoms with E-state index in [1.165, 1.54) is 24.8 Å². The number of amides is 1. The summed E-state index contributed by atoms with van der Waals surface area (Å²) in [5.41, 5.74) is 5.07. The molecule has 8 nitrogen and oxygen atoms in total. The van der Waals surface area contributed by atoms with Gasteiger partial charge in [0.15, 0.2) is 5.13 Å². The van der Waals surface area contributed by atoms with Gasteiger partial charge in [0, 0.05) is 43.2 Å². The minimum atomic E-state index is -0.798. The maximum atomic E-state index is 12.9. The normalized spacial score (nSPS) is 17.8. The van der Waals surface area contributed by atoms with Crippen molar-refractivity contribution in [1.29, 1.82) is 0 Å².